The molecule has 0 radical (unpaired) electrons. The molecule has 4 atom stereocenters. The van der Waals surface area contributed by atoms with Gasteiger partial charge in [-0.1, -0.05) is 12.1 Å². The first kappa shape index (κ1) is 35.8. The van der Waals surface area contributed by atoms with Gasteiger partial charge in [0.05, 0.1) is 50.1 Å². The molecule has 286 valence electrons. The molecule has 1 saturated carbocycles. The summed E-state index contributed by atoms with van der Waals surface area (Å²) in [7, 11) is 2.45. The Morgan fingerprint density at radius 3 is 1.96 bits per heavy atom. The van der Waals surface area contributed by atoms with Crippen molar-refractivity contribution >= 4 is 35.1 Å². The summed E-state index contributed by atoms with van der Waals surface area (Å²) in [6, 6.07) is 12.2. The molecule has 5 heterocycles. The summed E-state index contributed by atoms with van der Waals surface area (Å²) in [5.41, 5.74) is 5.33. The van der Waals surface area contributed by atoms with Crippen LogP contribution < -0.4 is 10.6 Å². The van der Waals surface area contributed by atoms with Gasteiger partial charge in [-0.2, -0.15) is 0 Å². The molecule has 17 heteroatoms. The van der Waals surface area contributed by atoms with Crippen LogP contribution >= 0.6 is 0 Å². The summed E-state index contributed by atoms with van der Waals surface area (Å²) in [5, 5.41) is 15.1. The molecule has 3 fully saturated rings. The van der Waals surface area contributed by atoms with Crippen molar-refractivity contribution in [1.29, 1.82) is 0 Å². The van der Waals surface area contributed by atoms with Crippen molar-refractivity contribution < 1.29 is 38.2 Å². The summed E-state index contributed by atoms with van der Waals surface area (Å²) in [4.78, 5) is 73.9. The molecule has 2 aliphatic heterocycles. The van der Waals surface area contributed by atoms with Crippen molar-refractivity contribution in [2.75, 3.05) is 27.3 Å². The van der Waals surface area contributed by atoms with E-state index in [4.69, 9.17) is 14.1 Å². The number of hydrogen-bond donors (Lipinski definition) is 5. The minimum Gasteiger partial charge on any atom is -0.453 e. The van der Waals surface area contributed by atoms with Crippen molar-refractivity contribution in [2.24, 2.45) is 5.92 Å². The van der Waals surface area contributed by atoms with E-state index in [1.807, 2.05) is 47.4 Å². The highest BCUT2D eigenvalue weighted by Gasteiger charge is 2.43. The van der Waals surface area contributed by atoms with Crippen LogP contribution in [0.1, 0.15) is 62.3 Å². The number of methoxy groups -OCH3 is 2. The molecule has 3 aromatic heterocycles. The van der Waals surface area contributed by atoms with Gasteiger partial charge >= 0.3 is 12.2 Å². The number of carbonyl (C=O) groups excluding carboxylic acids is 4. The van der Waals surface area contributed by atoms with E-state index < -0.39 is 36.4 Å². The Morgan fingerprint density at radius 2 is 1.35 bits per heavy atom. The lowest BCUT2D eigenvalue weighted by atomic mass is 10.1. The van der Waals surface area contributed by atoms with Gasteiger partial charge in [0.2, 0.25) is 18.0 Å². The molecule has 2 saturated heterocycles. The van der Waals surface area contributed by atoms with Gasteiger partial charge in [-0.05, 0) is 80.3 Å². The maximum absolute atomic E-state index is 13.6. The maximum Gasteiger partial charge on any atom is 0.409 e. The summed E-state index contributed by atoms with van der Waals surface area (Å²) in [6.45, 7) is 1.01. The Hall–Kier alpha value is -6.23. The zero-order valence-electron chi connectivity index (χ0n) is 30.3. The number of oxazole rings is 1. The normalized spacial score (nSPS) is 19.3. The molecule has 3 aliphatic rings. The first-order valence-corrected chi connectivity index (χ1v) is 18.3. The second kappa shape index (κ2) is 14.9. The molecular weight excluding hydrogens is 710 g/mol. The third-order valence-corrected chi connectivity index (χ3v) is 10.5. The Kier molecular flexibility index (Phi) is 9.69. The minimum absolute atomic E-state index is 0.101. The third-order valence-electron chi connectivity index (χ3n) is 10.5. The van der Waals surface area contributed by atoms with Crippen LogP contribution in [0.3, 0.4) is 0 Å². The van der Waals surface area contributed by atoms with Crippen LogP contribution in [0.15, 0.2) is 59.3 Å². The Bertz CT molecular complexity index is 2230. The van der Waals surface area contributed by atoms with Gasteiger partial charge in [0.1, 0.15) is 23.2 Å². The van der Waals surface area contributed by atoms with Crippen molar-refractivity contribution in [3.8, 4) is 34.0 Å². The number of alkyl carbamates (subject to hydrolysis) is 2. The van der Waals surface area contributed by atoms with Crippen molar-refractivity contribution in [1.82, 2.24) is 45.4 Å². The van der Waals surface area contributed by atoms with Gasteiger partial charge in [0.25, 0.3) is 5.91 Å². The highest BCUT2D eigenvalue weighted by molar-refractivity contribution is 5.87. The molecule has 5 N–H and O–H groups in total. The summed E-state index contributed by atoms with van der Waals surface area (Å²) in [5.74, 6) is 1.12. The third kappa shape index (κ3) is 7.22. The van der Waals surface area contributed by atoms with Crippen molar-refractivity contribution in [2.45, 2.75) is 62.9 Å². The first-order chi connectivity index (χ1) is 26.7. The maximum atomic E-state index is 13.6. The lowest BCUT2D eigenvalue weighted by molar-refractivity contribution is -0.142. The Balaban J connectivity index is 0.941. The van der Waals surface area contributed by atoms with Crippen LogP contribution in [0.4, 0.5) is 9.59 Å². The van der Waals surface area contributed by atoms with Gasteiger partial charge in [-0.3, -0.25) is 14.9 Å². The quantitative estimate of drug-likeness (QED) is 0.126. The Morgan fingerprint density at radius 1 is 0.782 bits per heavy atom. The number of aromatic nitrogens is 5. The molecule has 17 nitrogen and oxygen atoms in total. The van der Waals surface area contributed by atoms with Gasteiger partial charge in [0.15, 0.2) is 5.58 Å². The molecule has 0 spiro atoms. The van der Waals surface area contributed by atoms with Crippen LogP contribution in [0.25, 0.3) is 45.1 Å². The summed E-state index contributed by atoms with van der Waals surface area (Å²) < 4.78 is 15.4. The molecule has 0 unspecified atom stereocenters. The minimum atomic E-state index is -1.73. The van der Waals surface area contributed by atoms with E-state index in [1.54, 1.807) is 12.4 Å². The highest BCUT2D eigenvalue weighted by Crippen LogP contribution is 2.38. The van der Waals surface area contributed by atoms with Crippen LogP contribution in [0, 0.1) is 5.92 Å². The monoisotopic (exact) mass is 751 g/mol. The van der Waals surface area contributed by atoms with Crippen LogP contribution in [0.5, 0.6) is 0 Å². The standard InChI is InChI=1S/C38H41N9O8/c1-53-37(51)44-30(21-9-10-21)35(49)46-15-3-5-27(46)31-39-18-25(41-31)20-7-11-22(12-8-20)34-43-24-17-23(13-14-29(24)55-34)26-19-40-32(42-26)28-6-4-16-47(28)36(50)33(48)45-38(52)54-2/h7-8,11-14,17-19,21,27-28,30,33,48H,3-6,9-10,15-16H2,1-2H3,(H,39,41)(H,40,42)(H,44,51)(H,45,52)/t27-,28-,30-,33-/m0/s1. The van der Waals surface area contributed by atoms with Gasteiger partial charge < -0.3 is 44.1 Å². The predicted octanol–water partition coefficient (Wildman–Crippen LogP) is 4.41. The molecule has 5 aromatic rings. The number of carbonyl (C=O) groups is 4. The van der Waals surface area contributed by atoms with Gasteiger partial charge in [-0.15, -0.1) is 0 Å². The average molecular weight is 752 g/mol. The van der Waals surface area contributed by atoms with Crippen LogP contribution in [0.2, 0.25) is 0 Å². The van der Waals surface area contributed by atoms with Crippen LogP contribution in [-0.4, -0.2) is 103 Å². The number of rotatable bonds is 10. The smallest absolute Gasteiger partial charge is 0.409 e. The number of imidazole rings is 2. The van der Waals surface area contributed by atoms with E-state index in [0.717, 1.165) is 67.3 Å². The number of hydrogen-bond acceptors (Lipinski definition) is 11. The number of aliphatic hydroxyl groups excluding tert-OH is 1. The molecule has 2 aromatic carbocycles. The molecule has 0 bridgehead atoms. The zero-order chi connectivity index (χ0) is 38.2. The van der Waals surface area contributed by atoms with E-state index in [0.29, 0.717) is 48.1 Å². The molecular formula is C38H41N9O8. The molecule has 55 heavy (non-hydrogen) atoms. The summed E-state index contributed by atoms with van der Waals surface area (Å²) in [6.07, 6.45) is 5.02. The topological polar surface area (TPSA) is 221 Å². The number of fused-ring (bicyclic) bond motifs is 1. The van der Waals surface area contributed by atoms with E-state index in [-0.39, 0.29) is 17.9 Å². The number of nitrogens with one attached hydrogen (secondary N) is 4. The van der Waals surface area contributed by atoms with Gasteiger partial charge in [0, 0.05) is 24.2 Å². The number of benzene rings is 2. The fourth-order valence-corrected chi connectivity index (χ4v) is 7.51. The zero-order valence-corrected chi connectivity index (χ0v) is 30.3. The van der Waals surface area contributed by atoms with Crippen LogP contribution in [-0.2, 0) is 19.1 Å². The number of amides is 4. The number of aromatic amines is 2. The fourth-order valence-electron chi connectivity index (χ4n) is 7.51. The van der Waals surface area contributed by atoms with E-state index in [9.17, 15) is 24.3 Å². The predicted molar refractivity (Wildman–Crippen MR) is 196 cm³/mol. The highest BCUT2D eigenvalue weighted by atomic mass is 16.5. The van der Waals surface area contributed by atoms with E-state index in [2.05, 4.69) is 35.3 Å². The largest absolute Gasteiger partial charge is 0.453 e. The number of nitrogens with zero attached hydrogens (tertiary/aromatic N) is 5. The number of aliphatic hydroxyl groups is 1. The SMILES string of the molecule is COC(=O)N[C@@H](O)C(=O)N1CCC[C@H]1c1ncc(-c2ccc3oc(-c4ccc(-c5cnc([C@@H]6CCCN6C(=O)[C@@H](NC(=O)OC)C6CC6)[nH]5)cc4)nc3c2)[nH]1. The molecule has 8 rings (SSSR count). The molecule has 4 amide bonds. The lowest BCUT2D eigenvalue weighted by Crippen LogP contribution is -2.49. The first-order valence-electron chi connectivity index (χ1n) is 18.3. The lowest BCUT2D eigenvalue weighted by Gasteiger charge is -2.28. The number of ether oxygens (including phenoxy) is 2. The second-order valence-corrected chi connectivity index (χ2v) is 14.0. The van der Waals surface area contributed by atoms with E-state index in [1.165, 1.54) is 12.0 Å². The number of likely N-dealkylation sites (tertiary alicyclic amines) is 2. The van der Waals surface area contributed by atoms with Gasteiger partial charge in [-0.25, -0.2) is 24.5 Å². The number of H-pyrrole nitrogens is 2. The fraction of sp³-hybridized carbons (Fsp3) is 0.395. The Labute approximate surface area is 314 Å². The molecule has 1 aliphatic carbocycles. The average Bonchev–Trinajstić information content (AvgIpc) is 3.81. The summed E-state index contributed by atoms with van der Waals surface area (Å²) >= 11 is 0. The van der Waals surface area contributed by atoms with E-state index >= 15 is 0 Å². The second-order valence-electron chi connectivity index (χ2n) is 14.0. The van der Waals surface area contributed by atoms with Crippen molar-refractivity contribution in [3.63, 3.8) is 0 Å². The van der Waals surface area contributed by atoms with Crippen molar-refractivity contribution in [3.05, 3.63) is 66.5 Å².